The number of carbonyl (C=O) groups is 1. The minimum absolute atomic E-state index is 0.107. The molecule has 2 saturated heterocycles. The molecule has 0 amide bonds. The third kappa shape index (κ3) is 5.01. The molecule has 0 aromatic heterocycles. The van der Waals surface area contributed by atoms with Gasteiger partial charge in [-0.25, -0.2) is 4.79 Å². The maximum absolute atomic E-state index is 11.7. The molecule has 24 heavy (non-hydrogen) atoms. The van der Waals surface area contributed by atoms with Crippen LogP contribution in [-0.4, -0.2) is 78.8 Å². The molecule has 0 unspecified atom stereocenters. The van der Waals surface area contributed by atoms with Crippen molar-refractivity contribution in [3.8, 4) is 0 Å². The minimum atomic E-state index is -0.898. The van der Waals surface area contributed by atoms with Crippen LogP contribution in [0.1, 0.15) is 27.7 Å². The zero-order chi connectivity index (χ0) is 18.0. The van der Waals surface area contributed by atoms with Crippen molar-refractivity contribution in [2.24, 2.45) is 0 Å². The molecule has 2 N–H and O–H groups in total. The van der Waals surface area contributed by atoms with Gasteiger partial charge in [0.2, 0.25) is 0 Å². The van der Waals surface area contributed by atoms with Crippen molar-refractivity contribution in [2.75, 3.05) is 26.4 Å². The molecular formula is C15H26O9. The van der Waals surface area contributed by atoms with Gasteiger partial charge in [-0.15, -0.1) is 0 Å². The van der Waals surface area contributed by atoms with Crippen LogP contribution in [0, 0.1) is 0 Å². The molecule has 0 aromatic rings. The number of ether oxygens (including phenoxy) is 6. The third-order valence-electron chi connectivity index (χ3n) is 3.66. The summed E-state index contributed by atoms with van der Waals surface area (Å²) in [4.78, 5) is 11.7. The van der Waals surface area contributed by atoms with Gasteiger partial charge < -0.3 is 38.6 Å². The van der Waals surface area contributed by atoms with Crippen molar-refractivity contribution in [1.82, 2.24) is 0 Å². The van der Waals surface area contributed by atoms with Crippen LogP contribution in [0.3, 0.4) is 0 Å². The summed E-state index contributed by atoms with van der Waals surface area (Å²) in [6, 6.07) is 0. The number of aliphatic hydroxyl groups is 2. The summed E-state index contributed by atoms with van der Waals surface area (Å²) in [5.74, 6) is -1.69. The molecule has 9 nitrogen and oxygen atoms in total. The molecule has 2 aliphatic rings. The van der Waals surface area contributed by atoms with E-state index in [1.807, 2.05) is 0 Å². The first-order chi connectivity index (χ1) is 11.2. The van der Waals surface area contributed by atoms with Gasteiger partial charge in [0.25, 0.3) is 0 Å². The lowest BCUT2D eigenvalue weighted by molar-refractivity contribution is -0.153. The SMILES string of the molecule is CC1(C)O[C@@H](CO)[C@H](COC(=O)OC[C@@H]2OC(C)(C)O[C@H]2CO)O1. The standard InChI is InChI=1S/C15H26O9/c1-14(2)21-9(5-16)11(23-14)7-19-13(18)20-8-12-10(6-17)22-15(3,4)24-12/h9-12,16-17H,5-8H2,1-4H3/t9-,10-,11-,12-/m0/s1. The first-order valence-electron chi connectivity index (χ1n) is 7.88. The summed E-state index contributed by atoms with van der Waals surface area (Å²) < 4.78 is 32.0. The topological polar surface area (TPSA) is 113 Å². The van der Waals surface area contributed by atoms with Crippen LogP contribution in [-0.2, 0) is 28.4 Å². The van der Waals surface area contributed by atoms with Crippen LogP contribution < -0.4 is 0 Å². The van der Waals surface area contributed by atoms with E-state index >= 15 is 0 Å². The van der Waals surface area contributed by atoms with Crippen molar-refractivity contribution in [1.29, 1.82) is 0 Å². The van der Waals surface area contributed by atoms with E-state index in [0.717, 1.165) is 0 Å². The van der Waals surface area contributed by atoms with Crippen molar-refractivity contribution in [3.05, 3.63) is 0 Å². The lowest BCUT2D eigenvalue weighted by atomic mass is 10.2. The molecule has 2 aliphatic heterocycles. The molecule has 2 fully saturated rings. The van der Waals surface area contributed by atoms with E-state index in [-0.39, 0.29) is 26.4 Å². The maximum Gasteiger partial charge on any atom is 0.508 e. The third-order valence-corrected chi connectivity index (χ3v) is 3.66. The molecular weight excluding hydrogens is 324 g/mol. The van der Waals surface area contributed by atoms with Crippen molar-refractivity contribution in [2.45, 2.75) is 63.7 Å². The number of aliphatic hydroxyl groups excluding tert-OH is 2. The first-order valence-corrected chi connectivity index (χ1v) is 7.88. The average Bonchev–Trinajstić information content (AvgIpc) is 2.97. The van der Waals surface area contributed by atoms with Gasteiger partial charge in [-0.3, -0.25) is 0 Å². The maximum atomic E-state index is 11.7. The van der Waals surface area contributed by atoms with Gasteiger partial charge in [-0.2, -0.15) is 0 Å². The Labute approximate surface area is 140 Å². The van der Waals surface area contributed by atoms with E-state index in [9.17, 15) is 15.0 Å². The monoisotopic (exact) mass is 350 g/mol. The normalized spacial score (nSPS) is 34.2. The van der Waals surface area contributed by atoms with Gasteiger partial charge >= 0.3 is 6.16 Å². The Bertz CT molecular complexity index is 399. The fourth-order valence-corrected chi connectivity index (χ4v) is 2.75. The van der Waals surface area contributed by atoms with Crippen LogP contribution in [0.15, 0.2) is 0 Å². The lowest BCUT2D eigenvalue weighted by Gasteiger charge is -2.18. The summed E-state index contributed by atoms with van der Waals surface area (Å²) in [5.41, 5.74) is 0. The van der Waals surface area contributed by atoms with E-state index in [1.54, 1.807) is 27.7 Å². The molecule has 9 heteroatoms. The van der Waals surface area contributed by atoms with Crippen LogP contribution in [0.4, 0.5) is 4.79 Å². The van der Waals surface area contributed by atoms with Crippen LogP contribution in [0.2, 0.25) is 0 Å². The first kappa shape index (κ1) is 19.4. The summed E-state index contributed by atoms with van der Waals surface area (Å²) in [7, 11) is 0. The molecule has 0 radical (unpaired) electrons. The predicted octanol–water partition coefficient (Wildman–Crippen LogP) is 0.164. The van der Waals surface area contributed by atoms with Gasteiger partial charge in [0.05, 0.1) is 13.2 Å². The van der Waals surface area contributed by atoms with Crippen LogP contribution >= 0.6 is 0 Å². The Balaban J connectivity index is 1.74. The molecule has 0 aromatic carbocycles. The number of rotatable bonds is 6. The second-order valence-electron chi connectivity index (χ2n) is 6.66. The molecule has 2 rings (SSSR count). The fourth-order valence-electron chi connectivity index (χ4n) is 2.75. The Morgan fingerprint density at radius 3 is 1.46 bits per heavy atom. The van der Waals surface area contributed by atoms with E-state index in [1.165, 1.54) is 0 Å². The van der Waals surface area contributed by atoms with Crippen molar-refractivity contribution < 1.29 is 43.4 Å². The number of carbonyl (C=O) groups excluding carboxylic acids is 1. The summed E-state index contributed by atoms with van der Waals surface area (Å²) >= 11 is 0. The van der Waals surface area contributed by atoms with Crippen molar-refractivity contribution >= 4 is 6.16 Å². The van der Waals surface area contributed by atoms with Crippen LogP contribution in [0.25, 0.3) is 0 Å². The van der Waals surface area contributed by atoms with E-state index in [0.29, 0.717) is 0 Å². The summed E-state index contributed by atoms with van der Waals surface area (Å²) in [6.07, 6.45) is -3.19. The van der Waals surface area contributed by atoms with E-state index < -0.39 is 42.1 Å². The predicted molar refractivity (Wildman–Crippen MR) is 79.1 cm³/mol. The molecule has 4 atom stereocenters. The fraction of sp³-hybridized carbons (Fsp3) is 0.933. The second kappa shape index (κ2) is 7.51. The Morgan fingerprint density at radius 1 is 0.792 bits per heavy atom. The highest BCUT2D eigenvalue weighted by atomic mass is 16.8. The highest BCUT2D eigenvalue weighted by Crippen LogP contribution is 2.29. The molecule has 0 saturated carbocycles. The van der Waals surface area contributed by atoms with Crippen LogP contribution in [0.5, 0.6) is 0 Å². The minimum Gasteiger partial charge on any atom is -0.431 e. The molecule has 0 bridgehead atoms. The Morgan fingerprint density at radius 2 is 1.12 bits per heavy atom. The second-order valence-corrected chi connectivity index (χ2v) is 6.66. The number of hydrogen-bond donors (Lipinski definition) is 2. The van der Waals surface area contributed by atoms with Gasteiger partial charge in [0.15, 0.2) is 11.6 Å². The highest BCUT2D eigenvalue weighted by molar-refractivity contribution is 5.59. The smallest absolute Gasteiger partial charge is 0.431 e. The molecule has 0 aliphatic carbocycles. The Kier molecular flexibility index (Phi) is 6.05. The number of hydrogen-bond acceptors (Lipinski definition) is 9. The quantitative estimate of drug-likeness (QED) is 0.647. The van der Waals surface area contributed by atoms with E-state index in [2.05, 4.69) is 0 Å². The lowest BCUT2D eigenvalue weighted by Crippen LogP contribution is -2.34. The summed E-state index contributed by atoms with van der Waals surface area (Å²) in [6.45, 7) is 6.14. The Hall–Kier alpha value is -0.970. The molecule has 0 spiro atoms. The van der Waals surface area contributed by atoms with Gasteiger partial charge in [-0.1, -0.05) is 0 Å². The average molecular weight is 350 g/mol. The molecule has 2 heterocycles. The van der Waals surface area contributed by atoms with Gasteiger partial charge in [0.1, 0.15) is 37.6 Å². The van der Waals surface area contributed by atoms with E-state index in [4.69, 9.17) is 28.4 Å². The zero-order valence-corrected chi connectivity index (χ0v) is 14.4. The largest absolute Gasteiger partial charge is 0.508 e. The molecule has 140 valence electrons. The van der Waals surface area contributed by atoms with Crippen molar-refractivity contribution in [3.63, 3.8) is 0 Å². The highest BCUT2D eigenvalue weighted by Gasteiger charge is 2.43. The van der Waals surface area contributed by atoms with Gasteiger partial charge in [-0.05, 0) is 27.7 Å². The summed E-state index contributed by atoms with van der Waals surface area (Å²) in [5, 5.41) is 18.5. The zero-order valence-electron chi connectivity index (χ0n) is 14.4. The van der Waals surface area contributed by atoms with Gasteiger partial charge in [0, 0.05) is 0 Å².